The fourth-order valence-electron chi connectivity index (χ4n) is 1.22. The number of nitrogens with two attached hydrogens (primary N) is 1. The van der Waals surface area contributed by atoms with Crippen molar-refractivity contribution in [3.8, 4) is 5.88 Å². The molecule has 1 rings (SSSR count). The van der Waals surface area contributed by atoms with E-state index in [4.69, 9.17) is 10.5 Å². The number of methoxy groups -OCH3 is 1. The van der Waals surface area contributed by atoms with E-state index in [1.54, 1.807) is 31.1 Å². The van der Waals surface area contributed by atoms with Crippen LogP contribution in [0.4, 0.5) is 11.5 Å². The lowest BCUT2D eigenvalue weighted by Gasteiger charge is -2.12. The minimum atomic E-state index is 0.0546. The number of carbonyl (C=O) groups excluding carboxylic acids is 1. The number of nitrogen functional groups attached to an aromatic ring is 1. The average Bonchev–Trinajstić information content (AvgIpc) is 2.31. The SMILES string of the molecule is COc1ccc(N)c(NCCC(=O)N(C)C)n1. The number of pyridine rings is 1. The molecule has 0 aromatic carbocycles. The lowest BCUT2D eigenvalue weighted by molar-refractivity contribution is -0.128. The van der Waals surface area contributed by atoms with Crippen molar-refractivity contribution in [2.75, 3.05) is 38.8 Å². The van der Waals surface area contributed by atoms with Crippen molar-refractivity contribution in [1.82, 2.24) is 9.88 Å². The van der Waals surface area contributed by atoms with Gasteiger partial charge in [-0.15, -0.1) is 0 Å². The predicted octanol–water partition coefficient (Wildman–Crippen LogP) is 0.563. The van der Waals surface area contributed by atoms with E-state index in [0.29, 0.717) is 30.4 Å². The minimum Gasteiger partial charge on any atom is -0.481 e. The van der Waals surface area contributed by atoms with Crippen molar-refractivity contribution in [2.45, 2.75) is 6.42 Å². The highest BCUT2D eigenvalue weighted by molar-refractivity contribution is 5.76. The Balaban J connectivity index is 2.54. The van der Waals surface area contributed by atoms with Gasteiger partial charge in [-0.1, -0.05) is 0 Å². The Bertz CT molecular complexity index is 393. The Morgan fingerprint density at radius 3 is 2.82 bits per heavy atom. The normalized spacial score (nSPS) is 9.82. The summed E-state index contributed by atoms with van der Waals surface area (Å²) >= 11 is 0. The summed E-state index contributed by atoms with van der Waals surface area (Å²) in [6.07, 6.45) is 0.394. The van der Waals surface area contributed by atoms with E-state index in [1.165, 1.54) is 7.11 Å². The summed E-state index contributed by atoms with van der Waals surface area (Å²) in [7, 11) is 4.98. The van der Waals surface area contributed by atoms with Crippen LogP contribution in [0.5, 0.6) is 5.88 Å². The van der Waals surface area contributed by atoms with Crippen molar-refractivity contribution in [3.05, 3.63) is 12.1 Å². The van der Waals surface area contributed by atoms with Crippen LogP contribution >= 0.6 is 0 Å². The van der Waals surface area contributed by atoms with Gasteiger partial charge in [-0.05, 0) is 6.07 Å². The second-order valence-corrected chi connectivity index (χ2v) is 3.76. The highest BCUT2D eigenvalue weighted by atomic mass is 16.5. The number of nitrogens with one attached hydrogen (secondary N) is 1. The second kappa shape index (κ2) is 5.93. The standard InChI is InChI=1S/C11H18N4O2/c1-15(2)10(16)6-7-13-11-8(12)4-5-9(14-11)17-3/h4-5H,6-7,12H2,1-3H3,(H,13,14). The molecule has 0 bridgehead atoms. The maximum Gasteiger partial charge on any atom is 0.223 e. The van der Waals surface area contributed by atoms with Gasteiger partial charge in [-0.2, -0.15) is 4.98 Å². The first-order valence-corrected chi connectivity index (χ1v) is 5.29. The van der Waals surface area contributed by atoms with Gasteiger partial charge in [0.25, 0.3) is 0 Å². The molecule has 0 fully saturated rings. The van der Waals surface area contributed by atoms with Gasteiger partial charge < -0.3 is 20.7 Å². The Hall–Kier alpha value is -1.98. The number of hydrogen-bond acceptors (Lipinski definition) is 5. The minimum absolute atomic E-state index is 0.0546. The first-order valence-electron chi connectivity index (χ1n) is 5.29. The van der Waals surface area contributed by atoms with Crippen LogP contribution in [0, 0.1) is 0 Å². The first kappa shape index (κ1) is 13.1. The van der Waals surface area contributed by atoms with Crippen molar-refractivity contribution in [2.24, 2.45) is 0 Å². The summed E-state index contributed by atoms with van der Waals surface area (Å²) in [6, 6.07) is 3.40. The van der Waals surface area contributed by atoms with E-state index in [-0.39, 0.29) is 5.91 Å². The number of nitrogens with zero attached hydrogens (tertiary/aromatic N) is 2. The van der Waals surface area contributed by atoms with E-state index in [9.17, 15) is 4.79 Å². The smallest absolute Gasteiger partial charge is 0.223 e. The van der Waals surface area contributed by atoms with Crippen molar-refractivity contribution in [3.63, 3.8) is 0 Å². The second-order valence-electron chi connectivity index (χ2n) is 3.76. The molecule has 1 aromatic rings. The monoisotopic (exact) mass is 238 g/mol. The molecule has 6 heteroatoms. The van der Waals surface area contributed by atoms with Gasteiger partial charge in [-0.25, -0.2) is 0 Å². The number of carbonyl (C=O) groups is 1. The number of rotatable bonds is 5. The lowest BCUT2D eigenvalue weighted by Crippen LogP contribution is -2.24. The molecule has 0 radical (unpaired) electrons. The molecule has 0 saturated heterocycles. The third-order valence-electron chi connectivity index (χ3n) is 2.24. The van der Waals surface area contributed by atoms with Crippen LogP contribution in [0.2, 0.25) is 0 Å². The molecule has 0 aliphatic heterocycles. The number of ether oxygens (including phenoxy) is 1. The van der Waals surface area contributed by atoms with Gasteiger partial charge in [0.05, 0.1) is 12.8 Å². The molecular formula is C11H18N4O2. The van der Waals surface area contributed by atoms with E-state index in [1.807, 2.05) is 0 Å². The molecular weight excluding hydrogens is 220 g/mol. The summed E-state index contributed by atoms with van der Waals surface area (Å²) in [6.45, 7) is 0.487. The van der Waals surface area contributed by atoms with Crippen molar-refractivity contribution < 1.29 is 9.53 Å². The molecule has 0 aliphatic rings. The average molecular weight is 238 g/mol. The predicted molar refractivity (Wildman–Crippen MR) is 67.0 cm³/mol. The fourth-order valence-corrected chi connectivity index (χ4v) is 1.22. The van der Waals surface area contributed by atoms with E-state index >= 15 is 0 Å². The molecule has 0 spiro atoms. The topological polar surface area (TPSA) is 80.5 Å². The van der Waals surface area contributed by atoms with E-state index in [2.05, 4.69) is 10.3 Å². The highest BCUT2D eigenvalue weighted by Crippen LogP contribution is 2.19. The molecule has 17 heavy (non-hydrogen) atoms. The van der Waals surface area contributed by atoms with E-state index < -0.39 is 0 Å². The first-order chi connectivity index (χ1) is 8.04. The number of hydrogen-bond donors (Lipinski definition) is 2. The van der Waals surface area contributed by atoms with Crippen LogP contribution in [-0.4, -0.2) is 43.5 Å². The van der Waals surface area contributed by atoms with Crippen LogP contribution in [-0.2, 0) is 4.79 Å². The van der Waals surface area contributed by atoms with Gasteiger partial charge >= 0.3 is 0 Å². The van der Waals surface area contributed by atoms with Gasteiger partial charge in [0.2, 0.25) is 11.8 Å². The Labute approximate surface area is 101 Å². The van der Waals surface area contributed by atoms with Gasteiger partial charge in [0, 0.05) is 33.1 Å². The van der Waals surface area contributed by atoms with Crippen LogP contribution < -0.4 is 15.8 Å². The van der Waals surface area contributed by atoms with Crippen molar-refractivity contribution in [1.29, 1.82) is 0 Å². The fraction of sp³-hybridized carbons (Fsp3) is 0.455. The largest absolute Gasteiger partial charge is 0.481 e. The summed E-state index contributed by atoms with van der Waals surface area (Å²) < 4.78 is 4.99. The molecule has 3 N–H and O–H groups in total. The molecule has 0 aliphatic carbocycles. The zero-order valence-corrected chi connectivity index (χ0v) is 10.4. The summed E-state index contributed by atoms with van der Waals surface area (Å²) in [4.78, 5) is 17.0. The zero-order valence-electron chi connectivity index (χ0n) is 10.4. The Morgan fingerprint density at radius 1 is 1.53 bits per heavy atom. The highest BCUT2D eigenvalue weighted by Gasteiger charge is 2.06. The van der Waals surface area contributed by atoms with Crippen molar-refractivity contribution >= 4 is 17.4 Å². The summed E-state index contributed by atoms with van der Waals surface area (Å²) in [5, 5.41) is 3.01. The number of anilines is 2. The molecule has 1 heterocycles. The third kappa shape index (κ3) is 3.82. The maximum absolute atomic E-state index is 11.4. The quantitative estimate of drug-likeness (QED) is 0.783. The molecule has 0 saturated carbocycles. The Morgan fingerprint density at radius 2 is 2.24 bits per heavy atom. The molecule has 1 amide bonds. The lowest BCUT2D eigenvalue weighted by atomic mass is 10.3. The van der Waals surface area contributed by atoms with Gasteiger partial charge in [0.1, 0.15) is 0 Å². The van der Waals surface area contributed by atoms with Crippen LogP contribution in [0.3, 0.4) is 0 Å². The van der Waals surface area contributed by atoms with Gasteiger partial charge in [0.15, 0.2) is 5.82 Å². The van der Waals surface area contributed by atoms with Crippen LogP contribution in [0.15, 0.2) is 12.1 Å². The summed E-state index contributed by atoms with van der Waals surface area (Å²) in [5.41, 5.74) is 6.28. The maximum atomic E-state index is 11.4. The molecule has 6 nitrogen and oxygen atoms in total. The molecule has 0 unspecified atom stereocenters. The van der Waals surface area contributed by atoms with E-state index in [0.717, 1.165) is 0 Å². The van der Waals surface area contributed by atoms with Crippen LogP contribution in [0.25, 0.3) is 0 Å². The zero-order chi connectivity index (χ0) is 12.8. The molecule has 94 valence electrons. The Kier molecular flexibility index (Phi) is 4.56. The number of amides is 1. The van der Waals surface area contributed by atoms with Crippen LogP contribution in [0.1, 0.15) is 6.42 Å². The summed E-state index contributed by atoms with van der Waals surface area (Å²) in [5.74, 6) is 1.08. The third-order valence-corrected chi connectivity index (χ3v) is 2.24. The molecule has 1 aromatic heterocycles. The number of aromatic nitrogens is 1. The molecule has 0 atom stereocenters. The van der Waals surface area contributed by atoms with Gasteiger partial charge in [-0.3, -0.25) is 4.79 Å².